The van der Waals surface area contributed by atoms with Crippen molar-refractivity contribution in [1.82, 2.24) is 15.1 Å². The largest absolute Gasteiger partial charge is 0.456 e. The lowest BCUT2D eigenvalue weighted by molar-refractivity contribution is 0.0664. The molecule has 0 aliphatic carbocycles. The Kier molecular flexibility index (Phi) is 5.73. The van der Waals surface area contributed by atoms with Gasteiger partial charge in [-0.2, -0.15) is 0 Å². The topological polar surface area (TPSA) is 65.8 Å². The fourth-order valence-electron chi connectivity index (χ4n) is 2.92. The van der Waals surface area contributed by atoms with Crippen LogP contribution in [0.1, 0.15) is 39.2 Å². The summed E-state index contributed by atoms with van der Waals surface area (Å²) in [6.07, 6.45) is 0.760. The molecule has 0 atom stereocenters. The van der Waals surface area contributed by atoms with Gasteiger partial charge in [0.25, 0.3) is 11.8 Å². The molecule has 2 aromatic rings. The zero-order valence-corrected chi connectivity index (χ0v) is 15.3. The predicted molar refractivity (Wildman–Crippen MR) is 99.1 cm³/mol. The van der Waals surface area contributed by atoms with Crippen LogP contribution >= 0.6 is 0 Å². The van der Waals surface area contributed by atoms with Crippen LogP contribution in [0.15, 0.2) is 40.8 Å². The van der Waals surface area contributed by atoms with Crippen molar-refractivity contribution < 1.29 is 14.0 Å². The van der Waals surface area contributed by atoms with E-state index in [1.807, 2.05) is 42.2 Å². The van der Waals surface area contributed by atoms with Gasteiger partial charge in [-0.3, -0.25) is 9.59 Å². The summed E-state index contributed by atoms with van der Waals surface area (Å²) in [5.41, 5.74) is 1.62. The highest BCUT2D eigenvalue weighted by molar-refractivity contribution is 5.94. The number of benzene rings is 1. The Morgan fingerprint density at radius 2 is 1.73 bits per heavy atom. The summed E-state index contributed by atoms with van der Waals surface area (Å²) >= 11 is 0. The van der Waals surface area contributed by atoms with Crippen molar-refractivity contribution in [3.8, 4) is 0 Å². The van der Waals surface area contributed by atoms with Gasteiger partial charge in [-0.05, 0) is 36.9 Å². The molecule has 6 heteroatoms. The number of carbonyl (C=O) groups is 2. The number of likely N-dealkylation sites (N-methyl/N-ethyl adjacent to an activating group) is 1. The van der Waals surface area contributed by atoms with E-state index in [2.05, 4.69) is 17.3 Å². The van der Waals surface area contributed by atoms with Crippen LogP contribution in [-0.4, -0.2) is 54.8 Å². The molecule has 1 fully saturated rings. The Balaban J connectivity index is 1.54. The molecule has 26 heavy (non-hydrogen) atoms. The van der Waals surface area contributed by atoms with Gasteiger partial charge in [-0.1, -0.05) is 19.1 Å². The molecule has 3 rings (SSSR count). The Morgan fingerprint density at radius 3 is 2.35 bits per heavy atom. The van der Waals surface area contributed by atoms with Gasteiger partial charge in [0.1, 0.15) is 5.76 Å². The van der Waals surface area contributed by atoms with Crippen molar-refractivity contribution in [3.63, 3.8) is 0 Å². The molecule has 1 N–H and O–H groups in total. The Morgan fingerprint density at radius 1 is 1.04 bits per heavy atom. The minimum absolute atomic E-state index is 0.0661. The summed E-state index contributed by atoms with van der Waals surface area (Å²) in [6.45, 7) is 5.70. The first-order valence-electron chi connectivity index (χ1n) is 9.00. The van der Waals surface area contributed by atoms with E-state index in [-0.39, 0.29) is 11.8 Å². The number of piperazine rings is 1. The zero-order chi connectivity index (χ0) is 18.5. The normalized spacial score (nSPS) is 15.1. The van der Waals surface area contributed by atoms with E-state index in [0.717, 1.165) is 43.9 Å². The van der Waals surface area contributed by atoms with Gasteiger partial charge in [0.05, 0.1) is 0 Å². The molecule has 6 nitrogen and oxygen atoms in total. The molecule has 1 aromatic heterocycles. The Bertz CT molecular complexity index is 759. The van der Waals surface area contributed by atoms with E-state index in [1.165, 1.54) is 0 Å². The number of aryl methyl sites for hydroxylation is 1. The van der Waals surface area contributed by atoms with Crippen molar-refractivity contribution in [1.29, 1.82) is 0 Å². The first-order valence-corrected chi connectivity index (χ1v) is 9.00. The lowest BCUT2D eigenvalue weighted by Gasteiger charge is -2.32. The van der Waals surface area contributed by atoms with Crippen LogP contribution in [0, 0.1) is 0 Å². The van der Waals surface area contributed by atoms with E-state index in [4.69, 9.17) is 4.42 Å². The van der Waals surface area contributed by atoms with Crippen molar-refractivity contribution >= 4 is 11.8 Å². The molecule has 0 spiro atoms. The third kappa shape index (κ3) is 4.32. The molecule has 2 heterocycles. The third-order valence-electron chi connectivity index (χ3n) is 4.68. The van der Waals surface area contributed by atoms with Gasteiger partial charge in [0.15, 0.2) is 5.76 Å². The second-order valence-corrected chi connectivity index (χ2v) is 6.59. The molecule has 0 unspecified atom stereocenters. The first kappa shape index (κ1) is 18.2. The first-order chi connectivity index (χ1) is 12.6. The highest BCUT2D eigenvalue weighted by atomic mass is 16.3. The van der Waals surface area contributed by atoms with Crippen molar-refractivity contribution in [2.45, 2.75) is 19.9 Å². The van der Waals surface area contributed by atoms with E-state index in [0.29, 0.717) is 17.9 Å². The average Bonchev–Trinajstić information content (AvgIpc) is 3.16. The predicted octanol–water partition coefficient (Wildman–Crippen LogP) is 2.16. The molecular formula is C20H25N3O3. The molecule has 1 aliphatic heterocycles. The number of nitrogens with one attached hydrogen (secondary N) is 1. The smallest absolute Gasteiger partial charge is 0.287 e. The maximum absolute atomic E-state index is 12.5. The van der Waals surface area contributed by atoms with E-state index < -0.39 is 0 Å². The molecule has 1 aromatic carbocycles. The number of amides is 2. The van der Waals surface area contributed by atoms with Gasteiger partial charge >= 0.3 is 0 Å². The summed E-state index contributed by atoms with van der Waals surface area (Å²) in [4.78, 5) is 28.7. The fraction of sp³-hybridized carbons (Fsp3) is 0.400. The van der Waals surface area contributed by atoms with Crippen LogP contribution in [0.5, 0.6) is 0 Å². The summed E-state index contributed by atoms with van der Waals surface area (Å²) in [7, 11) is 2.07. The fourth-order valence-corrected chi connectivity index (χ4v) is 2.92. The van der Waals surface area contributed by atoms with Crippen LogP contribution in [0.2, 0.25) is 0 Å². The highest BCUT2D eigenvalue weighted by Crippen LogP contribution is 2.11. The molecule has 0 saturated carbocycles. The lowest BCUT2D eigenvalue weighted by Crippen LogP contribution is -2.47. The number of hydrogen-bond acceptors (Lipinski definition) is 4. The van der Waals surface area contributed by atoms with Gasteiger partial charge < -0.3 is 19.5 Å². The molecule has 1 saturated heterocycles. The maximum Gasteiger partial charge on any atom is 0.287 e. The molecular weight excluding hydrogens is 330 g/mol. The van der Waals surface area contributed by atoms with Crippen LogP contribution in [0.4, 0.5) is 0 Å². The molecule has 1 aliphatic rings. The van der Waals surface area contributed by atoms with Crippen LogP contribution in [0.25, 0.3) is 0 Å². The quantitative estimate of drug-likeness (QED) is 0.893. The molecule has 0 bridgehead atoms. The summed E-state index contributed by atoms with van der Waals surface area (Å²) in [5, 5.41) is 2.84. The SMILES string of the molecule is CCc1ccc(C(=O)NCc2ccc(C(=O)N3CCN(C)CC3)cc2)o1. The van der Waals surface area contributed by atoms with Gasteiger partial charge in [-0.15, -0.1) is 0 Å². The zero-order valence-electron chi connectivity index (χ0n) is 15.3. The van der Waals surface area contributed by atoms with Crippen LogP contribution in [0.3, 0.4) is 0 Å². The summed E-state index contributed by atoms with van der Waals surface area (Å²) in [6, 6.07) is 10.9. The minimum Gasteiger partial charge on any atom is -0.456 e. The van der Waals surface area contributed by atoms with Crippen LogP contribution in [-0.2, 0) is 13.0 Å². The monoisotopic (exact) mass is 355 g/mol. The number of nitrogens with zero attached hydrogens (tertiary/aromatic N) is 2. The lowest BCUT2D eigenvalue weighted by atomic mass is 10.1. The summed E-state index contributed by atoms with van der Waals surface area (Å²) in [5.74, 6) is 0.948. The van der Waals surface area contributed by atoms with Crippen LogP contribution < -0.4 is 5.32 Å². The van der Waals surface area contributed by atoms with Crippen molar-refractivity contribution in [3.05, 3.63) is 59.0 Å². The minimum atomic E-state index is -0.234. The van der Waals surface area contributed by atoms with Crippen molar-refractivity contribution in [2.24, 2.45) is 0 Å². The molecule has 138 valence electrons. The van der Waals surface area contributed by atoms with Gasteiger partial charge in [-0.25, -0.2) is 0 Å². The highest BCUT2D eigenvalue weighted by Gasteiger charge is 2.20. The number of hydrogen-bond donors (Lipinski definition) is 1. The number of rotatable bonds is 5. The second-order valence-electron chi connectivity index (χ2n) is 6.59. The van der Waals surface area contributed by atoms with Crippen molar-refractivity contribution in [2.75, 3.05) is 33.2 Å². The second kappa shape index (κ2) is 8.19. The number of carbonyl (C=O) groups excluding carboxylic acids is 2. The van der Waals surface area contributed by atoms with E-state index in [9.17, 15) is 9.59 Å². The van der Waals surface area contributed by atoms with E-state index in [1.54, 1.807) is 6.07 Å². The molecule has 2 amide bonds. The maximum atomic E-state index is 12.5. The van der Waals surface area contributed by atoms with Gasteiger partial charge in [0.2, 0.25) is 0 Å². The van der Waals surface area contributed by atoms with E-state index >= 15 is 0 Å². The summed E-state index contributed by atoms with van der Waals surface area (Å²) < 4.78 is 5.44. The number of furan rings is 1. The molecule has 0 radical (unpaired) electrons. The average molecular weight is 355 g/mol. The Labute approximate surface area is 153 Å². The standard InChI is InChI=1S/C20H25N3O3/c1-3-17-8-9-18(26-17)19(24)21-14-15-4-6-16(7-5-15)20(25)23-12-10-22(2)11-13-23/h4-9H,3,10-14H2,1-2H3,(H,21,24). The van der Waals surface area contributed by atoms with Gasteiger partial charge in [0, 0.05) is 44.7 Å². The Hall–Kier alpha value is -2.60. The third-order valence-corrected chi connectivity index (χ3v) is 4.68.